The van der Waals surface area contributed by atoms with Gasteiger partial charge in [0.25, 0.3) is 0 Å². The fourth-order valence-electron chi connectivity index (χ4n) is 1.53. The molecule has 0 aliphatic carbocycles. The average Bonchev–Trinajstić information content (AvgIpc) is 2.30. The maximum atomic E-state index is 12.5. The van der Waals surface area contributed by atoms with Crippen LogP contribution in [-0.2, 0) is 9.73 Å². The Labute approximate surface area is 102 Å². The van der Waals surface area contributed by atoms with Crippen molar-refractivity contribution in [3.8, 4) is 0 Å². The monoisotopic (exact) mass is 245 g/mol. The predicted octanol–water partition coefficient (Wildman–Crippen LogP) is 3.78. The van der Waals surface area contributed by atoms with Gasteiger partial charge in [0.1, 0.15) is 0 Å². The summed E-state index contributed by atoms with van der Waals surface area (Å²) in [4.78, 5) is 0.770. The van der Waals surface area contributed by atoms with Crippen LogP contribution in [0.3, 0.4) is 0 Å². The second-order valence-electron chi connectivity index (χ2n) is 4.04. The lowest BCUT2D eigenvalue weighted by Crippen LogP contribution is -1.96. The number of aryl methyl sites for hydroxylation is 1. The van der Waals surface area contributed by atoms with Gasteiger partial charge in [0.05, 0.1) is 15.4 Å². The lowest BCUT2D eigenvalue weighted by Gasteiger charge is -2.04. The third-order valence-electron chi connectivity index (χ3n) is 2.49. The molecule has 88 valence electrons. The summed E-state index contributed by atoms with van der Waals surface area (Å²) in [6.45, 7) is 2.01. The molecule has 0 bridgehead atoms. The molecule has 0 amide bonds. The summed E-state index contributed by atoms with van der Waals surface area (Å²) in [7, 11) is -2.36. The van der Waals surface area contributed by atoms with Crippen molar-refractivity contribution in [2.24, 2.45) is 4.36 Å². The summed E-state index contributed by atoms with van der Waals surface area (Å²) in [5.74, 6) is 0. The van der Waals surface area contributed by atoms with Gasteiger partial charge in [-0.25, -0.2) is 4.21 Å². The van der Waals surface area contributed by atoms with Gasteiger partial charge in [-0.15, -0.1) is 0 Å². The molecule has 2 nitrogen and oxygen atoms in total. The number of hydrogen-bond acceptors (Lipinski definition) is 2. The molecule has 0 saturated carbocycles. The van der Waals surface area contributed by atoms with Crippen molar-refractivity contribution in [3.63, 3.8) is 0 Å². The molecular formula is C14H15NOS. The second-order valence-corrected chi connectivity index (χ2v) is 6.30. The highest BCUT2D eigenvalue weighted by Gasteiger charge is 2.05. The van der Waals surface area contributed by atoms with Crippen molar-refractivity contribution >= 4 is 15.4 Å². The van der Waals surface area contributed by atoms with Crippen molar-refractivity contribution in [1.29, 1.82) is 0 Å². The third kappa shape index (κ3) is 2.94. The SMILES string of the molecule is Cc1ccc(S(C)(=O)=Nc2ccccc2)cc1. The molecule has 0 N–H and O–H groups in total. The van der Waals surface area contributed by atoms with E-state index in [-0.39, 0.29) is 0 Å². The van der Waals surface area contributed by atoms with Gasteiger partial charge >= 0.3 is 0 Å². The first-order chi connectivity index (χ1) is 8.08. The van der Waals surface area contributed by atoms with Crippen LogP contribution in [0.5, 0.6) is 0 Å². The average molecular weight is 245 g/mol. The minimum absolute atomic E-state index is 0.751. The van der Waals surface area contributed by atoms with Crippen LogP contribution >= 0.6 is 0 Å². The van der Waals surface area contributed by atoms with E-state index in [0.29, 0.717) is 0 Å². The zero-order valence-electron chi connectivity index (χ0n) is 9.96. The van der Waals surface area contributed by atoms with E-state index in [2.05, 4.69) is 4.36 Å². The standard InChI is InChI=1S/C14H15NOS/c1-12-8-10-14(11-9-12)17(2,16)15-13-6-4-3-5-7-13/h3-11H,1-2H3. The zero-order chi connectivity index (χ0) is 12.3. The lowest BCUT2D eigenvalue weighted by atomic mass is 10.2. The molecule has 17 heavy (non-hydrogen) atoms. The number of hydrogen-bond donors (Lipinski definition) is 0. The zero-order valence-corrected chi connectivity index (χ0v) is 10.8. The Morgan fingerprint density at radius 3 is 2.12 bits per heavy atom. The van der Waals surface area contributed by atoms with Gasteiger partial charge in [0.15, 0.2) is 0 Å². The van der Waals surface area contributed by atoms with Gasteiger partial charge in [0, 0.05) is 11.2 Å². The molecule has 0 spiro atoms. The first-order valence-corrected chi connectivity index (χ1v) is 7.34. The first-order valence-electron chi connectivity index (χ1n) is 5.42. The van der Waals surface area contributed by atoms with E-state index in [9.17, 15) is 4.21 Å². The van der Waals surface area contributed by atoms with Crippen molar-refractivity contribution in [2.45, 2.75) is 11.8 Å². The minimum atomic E-state index is -2.36. The molecule has 0 aliphatic rings. The lowest BCUT2D eigenvalue weighted by molar-refractivity contribution is 0.681. The number of rotatable bonds is 2. The van der Waals surface area contributed by atoms with Crippen molar-refractivity contribution in [3.05, 3.63) is 60.2 Å². The number of benzene rings is 2. The van der Waals surface area contributed by atoms with Crippen molar-refractivity contribution in [1.82, 2.24) is 0 Å². The van der Waals surface area contributed by atoms with Crippen LogP contribution in [0.15, 0.2) is 63.9 Å². The van der Waals surface area contributed by atoms with Crippen LogP contribution in [0, 0.1) is 6.92 Å². The van der Waals surface area contributed by atoms with Crippen LogP contribution in [0.4, 0.5) is 5.69 Å². The van der Waals surface area contributed by atoms with Crippen LogP contribution in [-0.4, -0.2) is 10.5 Å². The molecule has 0 heterocycles. The Morgan fingerprint density at radius 2 is 1.53 bits per heavy atom. The minimum Gasteiger partial charge on any atom is -0.245 e. The van der Waals surface area contributed by atoms with Gasteiger partial charge in [0.2, 0.25) is 0 Å². The summed E-state index contributed by atoms with van der Waals surface area (Å²) in [5, 5.41) is 0. The summed E-state index contributed by atoms with van der Waals surface area (Å²) >= 11 is 0. The smallest absolute Gasteiger partial charge is 0.0771 e. The van der Waals surface area contributed by atoms with Crippen molar-refractivity contribution < 1.29 is 4.21 Å². The van der Waals surface area contributed by atoms with E-state index >= 15 is 0 Å². The summed E-state index contributed by atoms with van der Waals surface area (Å²) in [6.07, 6.45) is 1.67. The molecule has 1 unspecified atom stereocenters. The maximum Gasteiger partial charge on any atom is 0.0771 e. The summed E-state index contributed by atoms with van der Waals surface area (Å²) in [5.41, 5.74) is 1.91. The molecule has 0 saturated heterocycles. The molecule has 0 aromatic heterocycles. The fourth-order valence-corrected chi connectivity index (χ4v) is 2.80. The summed E-state index contributed by atoms with van der Waals surface area (Å²) in [6, 6.07) is 17.1. The molecule has 2 aromatic carbocycles. The van der Waals surface area contributed by atoms with Gasteiger partial charge in [-0.05, 0) is 31.2 Å². The Kier molecular flexibility index (Phi) is 3.29. The second kappa shape index (κ2) is 4.72. The molecule has 2 rings (SSSR count). The Balaban J connectivity index is 2.46. The molecule has 3 heteroatoms. The van der Waals surface area contributed by atoms with Crippen LogP contribution in [0.2, 0.25) is 0 Å². The number of nitrogens with zero attached hydrogens (tertiary/aromatic N) is 1. The maximum absolute atomic E-state index is 12.5. The Hall–Kier alpha value is -1.61. The molecule has 1 atom stereocenters. The molecular weight excluding hydrogens is 230 g/mol. The highest BCUT2D eigenvalue weighted by atomic mass is 32.2. The molecule has 0 aliphatic heterocycles. The van der Waals surface area contributed by atoms with Crippen LogP contribution in [0.25, 0.3) is 0 Å². The van der Waals surface area contributed by atoms with Crippen molar-refractivity contribution in [2.75, 3.05) is 6.26 Å². The largest absolute Gasteiger partial charge is 0.245 e. The van der Waals surface area contributed by atoms with E-state index in [4.69, 9.17) is 0 Å². The van der Waals surface area contributed by atoms with E-state index in [1.807, 2.05) is 61.5 Å². The highest BCUT2D eigenvalue weighted by Crippen LogP contribution is 2.19. The van der Waals surface area contributed by atoms with Gasteiger partial charge in [-0.1, -0.05) is 35.9 Å². The molecule has 0 fully saturated rings. The van der Waals surface area contributed by atoms with E-state index < -0.39 is 9.73 Å². The Morgan fingerprint density at radius 1 is 0.941 bits per heavy atom. The fraction of sp³-hybridized carbons (Fsp3) is 0.143. The topological polar surface area (TPSA) is 29.4 Å². The predicted molar refractivity (Wildman–Crippen MR) is 72.0 cm³/mol. The summed E-state index contributed by atoms with van der Waals surface area (Å²) < 4.78 is 16.8. The molecule has 0 radical (unpaired) electrons. The first kappa shape index (κ1) is 11.9. The van der Waals surface area contributed by atoms with E-state index in [0.717, 1.165) is 16.1 Å². The highest BCUT2D eigenvalue weighted by molar-refractivity contribution is 7.93. The van der Waals surface area contributed by atoms with E-state index in [1.54, 1.807) is 6.26 Å². The normalized spacial score (nSPS) is 14.0. The third-order valence-corrected chi connectivity index (χ3v) is 4.20. The van der Waals surface area contributed by atoms with Crippen LogP contribution < -0.4 is 0 Å². The van der Waals surface area contributed by atoms with Gasteiger partial charge < -0.3 is 0 Å². The molecule has 2 aromatic rings. The van der Waals surface area contributed by atoms with Gasteiger partial charge in [-0.3, -0.25) is 0 Å². The van der Waals surface area contributed by atoms with Gasteiger partial charge in [-0.2, -0.15) is 4.36 Å². The van der Waals surface area contributed by atoms with E-state index in [1.165, 1.54) is 0 Å². The quantitative estimate of drug-likeness (QED) is 0.791. The Bertz CT molecular complexity index is 608. The van der Waals surface area contributed by atoms with Crippen LogP contribution in [0.1, 0.15) is 5.56 Å².